The fraction of sp³-hybridized carbons (Fsp3) is 0.188. The van der Waals surface area contributed by atoms with E-state index in [0.29, 0.717) is 5.02 Å². The Labute approximate surface area is 123 Å². The Balaban J connectivity index is 2.32. The summed E-state index contributed by atoms with van der Waals surface area (Å²) in [5, 5.41) is 9.76. The summed E-state index contributed by atoms with van der Waals surface area (Å²) >= 11 is 5.88. The first-order valence-corrected chi connectivity index (χ1v) is 6.74. The number of carboxylic acids is 1. The average molecular weight is 290 g/mol. The van der Waals surface area contributed by atoms with Gasteiger partial charge in [-0.1, -0.05) is 41.9 Å². The zero-order valence-corrected chi connectivity index (χ0v) is 11.9. The van der Waals surface area contributed by atoms with Crippen LogP contribution in [0, 0.1) is 0 Å². The second-order valence-corrected chi connectivity index (χ2v) is 5.02. The van der Waals surface area contributed by atoms with Crippen LogP contribution in [0.15, 0.2) is 54.6 Å². The molecular formula is C16H16ClNO2. The van der Waals surface area contributed by atoms with E-state index in [9.17, 15) is 4.79 Å². The molecule has 4 heteroatoms. The van der Waals surface area contributed by atoms with Gasteiger partial charge in [-0.25, -0.2) is 0 Å². The molecule has 0 aliphatic rings. The van der Waals surface area contributed by atoms with Crippen LogP contribution in [0.4, 0.5) is 5.69 Å². The number of hydrogen-bond donors (Lipinski definition) is 1. The number of anilines is 1. The molecule has 0 bridgehead atoms. The fourth-order valence-corrected chi connectivity index (χ4v) is 2.27. The molecule has 1 unspecified atom stereocenters. The van der Waals surface area contributed by atoms with E-state index in [2.05, 4.69) is 0 Å². The zero-order valence-electron chi connectivity index (χ0n) is 11.2. The maximum Gasteiger partial charge on any atom is 0.323 e. The second-order valence-electron chi connectivity index (χ2n) is 4.58. The monoisotopic (exact) mass is 289 g/mol. The highest BCUT2D eigenvalue weighted by molar-refractivity contribution is 6.30. The molecule has 104 valence electrons. The molecular weight excluding hydrogens is 274 g/mol. The number of carboxylic acid groups (broad SMARTS) is 1. The van der Waals surface area contributed by atoms with Gasteiger partial charge < -0.3 is 10.0 Å². The number of carbonyl (C=O) groups is 1. The van der Waals surface area contributed by atoms with E-state index in [1.807, 2.05) is 54.3 Å². The molecule has 2 aromatic carbocycles. The molecule has 0 saturated carbocycles. The molecule has 2 aromatic rings. The minimum atomic E-state index is -0.859. The third kappa shape index (κ3) is 3.52. The minimum Gasteiger partial charge on any atom is -0.480 e. The van der Waals surface area contributed by atoms with Gasteiger partial charge in [0.15, 0.2) is 0 Å². The second kappa shape index (κ2) is 6.44. The Kier molecular flexibility index (Phi) is 4.64. The largest absolute Gasteiger partial charge is 0.480 e. The number of rotatable bonds is 5. The quantitative estimate of drug-likeness (QED) is 0.905. The van der Waals surface area contributed by atoms with E-state index in [1.54, 1.807) is 12.1 Å². The van der Waals surface area contributed by atoms with Crippen molar-refractivity contribution in [2.75, 3.05) is 11.4 Å². The van der Waals surface area contributed by atoms with Crippen LogP contribution in [0.25, 0.3) is 0 Å². The van der Waals surface area contributed by atoms with Crippen molar-refractivity contribution in [1.29, 1.82) is 0 Å². The first-order valence-electron chi connectivity index (χ1n) is 6.37. The minimum absolute atomic E-state index is 0.0338. The van der Waals surface area contributed by atoms with Crippen LogP contribution in [0.1, 0.15) is 18.5 Å². The third-order valence-corrected chi connectivity index (χ3v) is 3.47. The van der Waals surface area contributed by atoms with Gasteiger partial charge in [0.05, 0.1) is 6.04 Å². The molecule has 0 fully saturated rings. The zero-order chi connectivity index (χ0) is 14.5. The van der Waals surface area contributed by atoms with Crippen LogP contribution in [-0.4, -0.2) is 17.6 Å². The Morgan fingerprint density at radius 1 is 1.15 bits per heavy atom. The molecule has 0 heterocycles. The summed E-state index contributed by atoms with van der Waals surface area (Å²) in [5.41, 5.74) is 1.91. The SMILES string of the molecule is CC(c1ccccc1)N(CC(=O)O)c1ccc(Cl)cc1. The van der Waals surface area contributed by atoms with Gasteiger partial charge in [-0.3, -0.25) is 4.79 Å². The standard InChI is InChI=1S/C16H16ClNO2/c1-12(13-5-3-2-4-6-13)18(11-16(19)20)15-9-7-14(17)8-10-15/h2-10,12H,11H2,1H3,(H,19,20). The summed E-state index contributed by atoms with van der Waals surface area (Å²) in [6.45, 7) is 1.94. The van der Waals surface area contributed by atoms with Crippen LogP contribution in [0.2, 0.25) is 5.02 Å². The Morgan fingerprint density at radius 3 is 2.30 bits per heavy atom. The maximum absolute atomic E-state index is 11.1. The summed E-state index contributed by atoms with van der Waals surface area (Å²) in [7, 11) is 0. The van der Waals surface area contributed by atoms with E-state index < -0.39 is 5.97 Å². The van der Waals surface area contributed by atoms with Gasteiger partial charge in [-0.2, -0.15) is 0 Å². The number of benzene rings is 2. The van der Waals surface area contributed by atoms with Crippen molar-refractivity contribution in [3.05, 3.63) is 65.2 Å². The lowest BCUT2D eigenvalue weighted by Gasteiger charge is -2.30. The Bertz CT molecular complexity index is 569. The number of aliphatic carboxylic acids is 1. The van der Waals surface area contributed by atoms with Crippen molar-refractivity contribution in [2.24, 2.45) is 0 Å². The van der Waals surface area contributed by atoms with E-state index in [0.717, 1.165) is 11.3 Å². The lowest BCUT2D eigenvalue weighted by Crippen LogP contribution is -2.32. The molecule has 3 nitrogen and oxygen atoms in total. The van der Waals surface area contributed by atoms with Crippen molar-refractivity contribution in [3.8, 4) is 0 Å². The van der Waals surface area contributed by atoms with Gasteiger partial charge in [0.2, 0.25) is 0 Å². The highest BCUT2D eigenvalue weighted by Crippen LogP contribution is 2.27. The summed E-state index contributed by atoms with van der Waals surface area (Å²) in [4.78, 5) is 13.0. The number of hydrogen-bond acceptors (Lipinski definition) is 2. The van der Waals surface area contributed by atoms with Crippen LogP contribution < -0.4 is 4.90 Å². The van der Waals surface area contributed by atoms with Crippen LogP contribution in [-0.2, 0) is 4.79 Å². The fourth-order valence-electron chi connectivity index (χ4n) is 2.14. The lowest BCUT2D eigenvalue weighted by atomic mass is 10.1. The highest BCUT2D eigenvalue weighted by Gasteiger charge is 2.18. The van der Waals surface area contributed by atoms with Crippen molar-refractivity contribution in [1.82, 2.24) is 0 Å². The third-order valence-electron chi connectivity index (χ3n) is 3.21. The van der Waals surface area contributed by atoms with E-state index in [1.165, 1.54) is 0 Å². The molecule has 0 aliphatic heterocycles. The smallest absolute Gasteiger partial charge is 0.323 e. The molecule has 0 saturated heterocycles. The maximum atomic E-state index is 11.1. The summed E-state index contributed by atoms with van der Waals surface area (Å²) in [5.74, 6) is -0.859. The number of nitrogens with zero attached hydrogens (tertiary/aromatic N) is 1. The average Bonchev–Trinajstić information content (AvgIpc) is 2.46. The first kappa shape index (κ1) is 14.4. The van der Waals surface area contributed by atoms with Gasteiger partial charge in [-0.05, 0) is 36.8 Å². The summed E-state index contributed by atoms with van der Waals surface area (Å²) in [6.07, 6.45) is 0. The molecule has 20 heavy (non-hydrogen) atoms. The summed E-state index contributed by atoms with van der Waals surface area (Å²) < 4.78 is 0. The van der Waals surface area contributed by atoms with Crippen molar-refractivity contribution < 1.29 is 9.90 Å². The van der Waals surface area contributed by atoms with Crippen LogP contribution in [0.5, 0.6) is 0 Å². The predicted molar refractivity (Wildman–Crippen MR) is 81.3 cm³/mol. The summed E-state index contributed by atoms with van der Waals surface area (Å²) in [6, 6.07) is 17.0. The molecule has 0 aliphatic carbocycles. The van der Waals surface area contributed by atoms with Crippen LogP contribution in [0.3, 0.4) is 0 Å². The molecule has 0 radical (unpaired) electrons. The lowest BCUT2D eigenvalue weighted by molar-refractivity contribution is -0.135. The molecule has 0 aromatic heterocycles. The molecule has 1 atom stereocenters. The normalized spacial score (nSPS) is 11.9. The van der Waals surface area contributed by atoms with E-state index >= 15 is 0 Å². The van der Waals surface area contributed by atoms with Gasteiger partial charge in [-0.15, -0.1) is 0 Å². The van der Waals surface area contributed by atoms with Crippen molar-refractivity contribution in [2.45, 2.75) is 13.0 Å². The van der Waals surface area contributed by atoms with Gasteiger partial charge in [0, 0.05) is 10.7 Å². The predicted octanol–water partition coefficient (Wildman–Crippen LogP) is 3.99. The highest BCUT2D eigenvalue weighted by atomic mass is 35.5. The topological polar surface area (TPSA) is 40.5 Å². The van der Waals surface area contributed by atoms with Gasteiger partial charge >= 0.3 is 5.97 Å². The van der Waals surface area contributed by atoms with E-state index in [4.69, 9.17) is 16.7 Å². The molecule has 2 rings (SSSR count). The van der Waals surface area contributed by atoms with E-state index in [-0.39, 0.29) is 12.6 Å². The first-order chi connectivity index (χ1) is 9.58. The van der Waals surface area contributed by atoms with Gasteiger partial charge in [0.1, 0.15) is 6.54 Å². The van der Waals surface area contributed by atoms with Gasteiger partial charge in [0.25, 0.3) is 0 Å². The van der Waals surface area contributed by atoms with Crippen molar-refractivity contribution in [3.63, 3.8) is 0 Å². The Hall–Kier alpha value is -2.00. The molecule has 0 amide bonds. The molecule has 1 N–H and O–H groups in total. The molecule has 0 spiro atoms. The number of halogens is 1. The Morgan fingerprint density at radius 2 is 1.75 bits per heavy atom. The van der Waals surface area contributed by atoms with Crippen LogP contribution >= 0.6 is 11.6 Å². The van der Waals surface area contributed by atoms with Crippen molar-refractivity contribution >= 4 is 23.3 Å².